The van der Waals surface area contributed by atoms with Crippen LogP contribution in [0.4, 0.5) is 17.6 Å². The Bertz CT molecular complexity index is 1580. The molecule has 0 atom stereocenters. The molecule has 0 amide bonds. The summed E-state index contributed by atoms with van der Waals surface area (Å²) in [7, 11) is 1.42. The summed E-state index contributed by atoms with van der Waals surface area (Å²) in [5.74, 6) is 0.133. The van der Waals surface area contributed by atoms with Gasteiger partial charge in [-0.3, -0.25) is 4.40 Å². The van der Waals surface area contributed by atoms with Crippen LogP contribution in [-0.2, 0) is 19.2 Å². The van der Waals surface area contributed by atoms with Crippen molar-refractivity contribution in [2.24, 2.45) is 0 Å². The van der Waals surface area contributed by atoms with E-state index in [2.05, 4.69) is 11.1 Å². The number of pyridine rings is 1. The maximum atomic E-state index is 13.9. The molecule has 0 aliphatic carbocycles. The van der Waals surface area contributed by atoms with Crippen molar-refractivity contribution in [3.8, 4) is 17.7 Å². The summed E-state index contributed by atoms with van der Waals surface area (Å²) < 4.78 is 66.2. The molecule has 0 saturated heterocycles. The zero-order valence-corrected chi connectivity index (χ0v) is 19.3. The molecule has 3 heterocycles. The molecule has 1 aliphatic rings. The summed E-state index contributed by atoms with van der Waals surface area (Å²) >= 11 is 0. The molecule has 0 spiro atoms. The molecule has 0 bridgehead atoms. The molecule has 2 aromatic heterocycles. The van der Waals surface area contributed by atoms with Gasteiger partial charge in [0, 0.05) is 35.4 Å². The molecular formula is C27H19F4N3O2. The minimum absolute atomic E-state index is 0.127. The highest BCUT2D eigenvalue weighted by Crippen LogP contribution is 2.39. The van der Waals surface area contributed by atoms with Crippen LogP contribution in [0.5, 0.6) is 11.6 Å². The molecule has 5 rings (SSSR count). The highest BCUT2D eigenvalue weighted by molar-refractivity contribution is 5.88. The SMILES string of the molecule is COc1nc2cc(C(F)(F)F)ccn2c1Cc1ccc2c(c1)COc1cc(F)ccc1/C2=C(\C)C#N. The van der Waals surface area contributed by atoms with Gasteiger partial charge >= 0.3 is 6.18 Å². The second-order valence-electron chi connectivity index (χ2n) is 8.42. The van der Waals surface area contributed by atoms with Crippen LogP contribution in [-0.4, -0.2) is 16.5 Å². The van der Waals surface area contributed by atoms with Crippen molar-refractivity contribution in [2.45, 2.75) is 26.1 Å². The second kappa shape index (κ2) is 8.72. The van der Waals surface area contributed by atoms with E-state index in [1.54, 1.807) is 17.4 Å². The van der Waals surface area contributed by atoms with Crippen LogP contribution in [0.3, 0.4) is 0 Å². The molecule has 2 aromatic carbocycles. The van der Waals surface area contributed by atoms with E-state index in [0.29, 0.717) is 34.6 Å². The number of aromatic nitrogens is 2. The van der Waals surface area contributed by atoms with Crippen molar-refractivity contribution in [3.63, 3.8) is 0 Å². The van der Waals surface area contributed by atoms with Crippen molar-refractivity contribution in [1.82, 2.24) is 9.38 Å². The molecule has 4 aromatic rings. The predicted molar refractivity (Wildman–Crippen MR) is 124 cm³/mol. The third-order valence-electron chi connectivity index (χ3n) is 6.16. The highest BCUT2D eigenvalue weighted by atomic mass is 19.4. The van der Waals surface area contributed by atoms with Gasteiger partial charge in [-0.25, -0.2) is 4.39 Å². The number of nitriles is 1. The summed E-state index contributed by atoms with van der Waals surface area (Å²) in [6.07, 6.45) is -2.83. The largest absolute Gasteiger partial charge is 0.488 e. The number of allylic oxidation sites excluding steroid dienone is 1. The molecule has 0 saturated carbocycles. The lowest BCUT2D eigenvalue weighted by atomic mass is 9.89. The molecule has 1 aliphatic heterocycles. The first-order valence-electron chi connectivity index (χ1n) is 11.0. The van der Waals surface area contributed by atoms with Crippen molar-refractivity contribution in [3.05, 3.63) is 99.6 Å². The number of hydrogen-bond acceptors (Lipinski definition) is 4. The van der Waals surface area contributed by atoms with Crippen molar-refractivity contribution in [1.29, 1.82) is 5.26 Å². The zero-order valence-electron chi connectivity index (χ0n) is 19.3. The number of alkyl halides is 3. The average molecular weight is 493 g/mol. The molecule has 0 unspecified atom stereocenters. The molecule has 182 valence electrons. The van der Waals surface area contributed by atoms with E-state index in [0.717, 1.165) is 28.8 Å². The number of imidazole rings is 1. The van der Waals surface area contributed by atoms with E-state index in [9.17, 15) is 22.8 Å². The number of fused-ring (bicyclic) bond motifs is 3. The molecule has 0 N–H and O–H groups in total. The normalized spacial score (nSPS) is 14.4. The molecule has 0 radical (unpaired) electrons. The summed E-state index contributed by atoms with van der Waals surface area (Å²) in [5, 5.41) is 9.62. The minimum Gasteiger partial charge on any atom is -0.488 e. The fourth-order valence-electron chi connectivity index (χ4n) is 4.47. The summed E-state index contributed by atoms with van der Waals surface area (Å²) in [5.41, 5.74) is 4.11. The van der Waals surface area contributed by atoms with E-state index in [4.69, 9.17) is 9.47 Å². The van der Waals surface area contributed by atoms with Crippen LogP contribution in [0.2, 0.25) is 0 Å². The average Bonchev–Trinajstić information content (AvgIpc) is 3.11. The number of rotatable bonds is 3. The Morgan fingerprint density at radius 1 is 1.14 bits per heavy atom. The van der Waals surface area contributed by atoms with Crippen LogP contribution in [0.15, 0.2) is 60.3 Å². The summed E-state index contributed by atoms with van der Waals surface area (Å²) in [6.45, 7) is 1.85. The topological polar surface area (TPSA) is 59.6 Å². The van der Waals surface area contributed by atoms with E-state index < -0.39 is 17.6 Å². The van der Waals surface area contributed by atoms with E-state index in [1.165, 1.54) is 25.4 Å². The number of benzene rings is 2. The zero-order chi connectivity index (χ0) is 25.6. The Balaban J connectivity index is 1.58. The smallest absolute Gasteiger partial charge is 0.416 e. The van der Waals surface area contributed by atoms with Gasteiger partial charge in [0.15, 0.2) is 0 Å². The lowest BCUT2D eigenvalue weighted by Gasteiger charge is -2.13. The molecular weight excluding hydrogens is 474 g/mol. The highest BCUT2D eigenvalue weighted by Gasteiger charge is 2.31. The van der Waals surface area contributed by atoms with E-state index in [-0.39, 0.29) is 18.1 Å². The van der Waals surface area contributed by atoms with Gasteiger partial charge in [0.2, 0.25) is 5.88 Å². The van der Waals surface area contributed by atoms with Gasteiger partial charge < -0.3 is 9.47 Å². The summed E-state index contributed by atoms with van der Waals surface area (Å²) in [6, 6.07) is 14.0. The van der Waals surface area contributed by atoms with Crippen LogP contribution < -0.4 is 9.47 Å². The number of halogens is 4. The fourth-order valence-corrected chi connectivity index (χ4v) is 4.47. The van der Waals surface area contributed by atoms with Crippen molar-refractivity contribution < 1.29 is 27.0 Å². The number of hydrogen-bond donors (Lipinski definition) is 0. The van der Waals surface area contributed by atoms with Gasteiger partial charge in [-0.15, -0.1) is 0 Å². The quantitative estimate of drug-likeness (QED) is 0.247. The van der Waals surface area contributed by atoms with E-state index in [1.807, 2.05) is 18.2 Å². The number of ether oxygens (including phenoxy) is 2. The van der Waals surface area contributed by atoms with Crippen LogP contribution >= 0.6 is 0 Å². The molecule has 36 heavy (non-hydrogen) atoms. The first-order chi connectivity index (χ1) is 17.2. The minimum atomic E-state index is -4.48. The maximum absolute atomic E-state index is 13.9. The fraction of sp³-hybridized carbons (Fsp3) is 0.185. The van der Waals surface area contributed by atoms with Crippen LogP contribution in [0, 0.1) is 17.1 Å². The first-order valence-corrected chi connectivity index (χ1v) is 11.0. The maximum Gasteiger partial charge on any atom is 0.416 e. The molecule has 5 nitrogen and oxygen atoms in total. The monoisotopic (exact) mass is 493 g/mol. The lowest BCUT2D eigenvalue weighted by molar-refractivity contribution is -0.137. The lowest BCUT2D eigenvalue weighted by Crippen LogP contribution is -2.06. The van der Waals surface area contributed by atoms with Gasteiger partial charge in [0.05, 0.1) is 24.4 Å². The van der Waals surface area contributed by atoms with Crippen LogP contribution in [0.25, 0.3) is 11.2 Å². The van der Waals surface area contributed by atoms with E-state index >= 15 is 0 Å². The molecule has 9 heteroatoms. The third-order valence-corrected chi connectivity index (χ3v) is 6.16. The van der Waals surface area contributed by atoms with Gasteiger partial charge in [0.25, 0.3) is 0 Å². The van der Waals surface area contributed by atoms with Crippen molar-refractivity contribution in [2.75, 3.05) is 7.11 Å². The Kier molecular flexibility index (Phi) is 5.67. The Hall–Kier alpha value is -4.32. The number of nitrogens with zero attached hydrogens (tertiary/aromatic N) is 3. The Labute approximate surface area is 203 Å². The summed E-state index contributed by atoms with van der Waals surface area (Å²) in [4.78, 5) is 4.22. The van der Waals surface area contributed by atoms with Crippen LogP contribution in [0.1, 0.15) is 40.4 Å². The van der Waals surface area contributed by atoms with Crippen molar-refractivity contribution >= 4 is 11.2 Å². The Morgan fingerprint density at radius 2 is 1.92 bits per heavy atom. The Morgan fingerprint density at radius 3 is 2.64 bits per heavy atom. The third kappa shape index (κ3) is 4.05. The predicted octanol–water partition coefficient (Wildman–Crippen LogP) is 6.33. The van der Waals surface area contributed by atoms with Gasteiger partial charge in [-0.2, -0.15) is 23.4 Å². The van der Waals surface area contributed by atoms with Gasteiger partial charge in [-0.05, 0) is 47.9 Å². The molecule has 0 fully saturated rings. The number of methoxy groups -OCH3 is 1. The first kappa shape index (κ1) is 23.4. The van der Waals surface area contributed by atoms with Gasteiger partial charge in [0.1, 0.15) is 23.8 Å². The second-order valence-corrected chi connectivity index (χ2v) is 8.42. The standard InChI is InChI=1S/C27H19F4N3O2/c1-15(13-32)25-20-5-3-16(9-17(20)14-36-23-12-19(28)4-6-21(23)25)10-22-26(35-2)33-24-11-18(27(29,30)31)7-8-34(22)24/h3-9,11-12H,10,14H2,1-2H3/b25-15+. The van der Waals surface area contributed by atoms with Gasteiger partial charge in [-0.1, -0.05) is 18.2 Å².